The Morgan fingerprint density at radius 2 is 2.00 bits per heavy atom. The van der Waals surface area contributed by atoms with Gasteiger partial charge in [-0.3, -0.25) is 4.79 Å². The minimum Gasteiger partial charge on any atom is -0.466 e. The van der Waals surface area contributed by atoms with Gasteiger partial charge in [0.05, 0.1) is 24.2 Å². The lowest BCUT2D eigenvalue weighted by Crippen LogP contribution is -2.46. The average molecular weight is 258 g/mol. The van der Waals surface area contributed by atoms with E-state index in [1.54, 1.807) is 14.0 Å². The Labute approximate surface area is 110 Å². The van der Waals surface area contributed by atoms with E-state index in [9.17, 15) is 9.90 Å². The van der Waals surface area contributed by atoms with Gasteiger partial charge in [-0.1, -0.05) is 13.3 Å². The maximum atomic E-state index is 12.0. The van der Waals surface area contributed by atoms with Crippen molar-refractivity contribution in [3.05, 3.63) is 0 Å². The molecule has 1 unspecified atom stereocenters. The standard InChI is InChI=1S/C14H26O4/c1-4-6-12(13(15)18-5-2)14(16)9-7-11(17-3)8-10-14/h11-12,16H,4-10H2,1-3H3. The summed E-state index contributed by atoms with van der Waals surface area (Å²) >= 11 is 0. The van der Waals surface area contributed by atoms with Crippen LogP contribution in [0.2, 0.25) is 0 Å². The van der Waals surface area contributed by atoms with E-state index in [1.807, 2.05) is 6.92 Å². The SMILES string of the molecule is CCCC(C(=O)OCC)C1(O)CCC(OC)CC1. The number of carbonyl (C=O) groups is 1. The van der Waals surface area contributed by atoms with E-state index in [0.717, 1.165) is 19.3 Å². The topological polar surface area (TPSA) is 55.8 Å². The number of methoxy groups -OCH3 is 1. The van der Waals surface area contributed by atoms with Crippen LogP contribution in [0.25, 0.3) is 0 Å². The second-order valence-corrected chi connectivity index (χ2v) is 5.13. The van der Waals surface area contributed by atoms with Crippen molar-refractivity contribution in [2.24, 2.45) is 5.92 Å². The van der Waals surface area contributed by atoms with Gasteiger partial charge in [-0.25, -0.2) is 0 Å². The smallest absolute Gasteiger partial charge is 0.311 e. The largest absolute Gasteiger partial charge is 0.466 e. The third-order valence-electron chi connectivity index (χ3n) is 3.93. The van der Waals surface area contributed by atoms with Gasteiger partial charge in [-0.2, -0.15) is 0 Å². The molecule has 0 aliphatic heterocycles. The molecule has 1 fully saturated rings. The van der Waals surface area contributed by atoms with Crippen molar-refractivity contribution in [3.63, 3.8) is 0 Å². The summed E-state index contributed by atoms with van der Waals surface area (Å²) in [6.07, 6.45) is 4.64. The second-order valence-electron chi connectivity index (χ2n) is 5.13. The second kappa shape index (κ2) is 7.10. The molecular formula is C14H26O4. The quantitative estimate of drug-likeness (QED) is 0.743. The Kier molecular flexibility index (Phi) is 6.09. The van der Waals surface area contributed by atoms with Crippen LogP contribution in [0.3, 0.4) is 0 Å². The summed E-state index contributed by atoms with van der Waals surface area (Å²) in [4.78, 5) is 12.0. The molecule has 1 atom stereocenters. The number of carbonyl (C=O) groups excluding carboxylic acids is 1. The van der Waals surface area contributed by atoms with Gasteiger partial charge in [0, 0.05) is 7.11 Å². The van der Waals surface area contributed by atoms with Crippen LogP contribution >= 0.6 is 0 Å². The summed E-state index contributed by atoms with van der Waals surface area (Å²) in [5.41, 5.74) is -0.905. The highest BCUT2D eigenvalue weighted by atomic mass is 16.5. The highest BCUT2D eigenvalue weighted by Gasteiger charge is 2.44. The van der Waals surface area contributed by atoms with E-state index in [-0.39, 0.29) is 18.0 Å². The lowest BCUT2D eigenvalue weighted by Gasteiger charge is -2.40. The first kappa shape index (κ1) is 15.4. The van der Waals surface area contributed by atoms with Gasteiger partial charge in [0.25, 0.3) is 0 Å². The summed E-state index contributed by atoms with van der Waals surface area (Å²) in [6, 6.07) is 0. The molecule has 18 heavy (non-hydrogen) atoms. The van der Waals surface area contributed by atoms with E-state index in [0.29, 0.717) is 25.9 Å². The van der Waals surface area contributed by atoms with E-state index in [2.05, 4.69) is 0 Å². The molecule has 0 saturated heterocycles. The normalized spacial score (nSPS) is 29.9. The fraction of sp³-hybridized carbons (Fsp3) is 0.929. The summed E-state index contributed by atoms with van der Waals surface area (Å²) in [5, 5.41) is 10.7. The van der Waals surface area contributed by atoms with Crippen LogP contribution in [0, 0.1) is 5.92 Å². The van der Waals surface area contributed by atoms with Gasteiger partial charge < -0.3 is 14.6 Å². The molecule has 0 heterocycles. The van der Waals surface area contributed by atoms with Crippen molar-refractivity contribution in [3.8, 4) is 0 Å². The lowest BCUT2D eigenvalue weighted by molar-refractivity contribution is -0.164. The molecule has 0 aromatic heterocycles. The average Bonchev–Trinajstić information content (AvgIpc) is 2.37. The van der Waals surface area contributed by atoms with Crippen molar-refractivity contribution in [2.75, 3.05) is 13.7 Å². The molecule has 0 aromatic carbocycles. The van der Waals surface area contributed by atoms with Crippen LogP contribution in [-0.2, 0) is 14.3 Å². The lowest BCUT2D eigenvalue weighted by atomic mass is 9.73. The number of ether oxygens (including phenoxy) is 2. The predicted octanol–water partition coefficient (Wildman–Crippen LogP) is 2.29. The summed E-state index contributed by atoms with van der Waals surface area (Å²) in [5.74, 6) is -0.641. The van der Waals surface area contributed by atoms with Crippen LogP contribution < -0.4 is 0 Å². The highest BCUT2D eigenvalue weighted by molar-refractivity contribution is 5.73. The first-order valence-electron chi connectivity index (χ1n) is 6.99. The van der Waals surface area contributed by atoms with E-state index in [4.69, 9.17) is 9.47 Å². The van der Waals surface area contributed by atoms with Gasteiger partial charge in [-0.15, -0.1) is 0 Å². The third-order valence-corrected chi connectivity index (χ3v) is 3.93. The summed E-state index contributed by atoms with van der Waals surface area (Å²) in [7, 11) is 1.70. The third kappa shape index (κ3) is 3.69. The number of hydrogen-bond donors (Lipinski definition) is 1. The van der Waals surface area contributed by atoms with Gasteiger partial charge in [0.2, 0.25) is 0 Å². The molecule has 1 saturated carbocycles. The van der Waals surface area contributed by atoms with Crippen molar-refractivity contribution in [1.29, 1.82) is 0 Å². The zero-order valence-corrected chi connectivity index (χ0v) is 11.8. The van der Waals surface area contributed by atoms with E-state index >= 15 is 0 Å². The molecule has 0 amide bonds. The fourth-order valence-electron chi connectivity index (χ4n) is 2.81. The number of aliphatic hydroxyl groups is 1. The van der Waals surface area contributed by atoms with Gasteiger partial charge >= 0.3 is 5.97 Å². The van der Waals surface area contributed by atoms with Crippen LogP contribution in [0.4, 0.5) is 0 Å². The summed E-state index contributed by atoms with van der Waals surface area (Å²) < 4.78 is 10.4. The Morgan fingerprint density at radius 1 is 1.39 bits per heavy atom. The minimum atomic E-state index is -0.905. The zero-order chi connectivity index (χ0) is 13.6. The summed E-state index contributed by atoms with van der Waals surface area (Å²) in [6.45, 7) is 4.19. The maximum Gasteiger partial charge on any atom is 0.311 e. The van der Waals surface area contributed by atoms with E-state index < -0.39 is 5.60 Å². The van der Waals surface area contributed by atoms with Crippen LogP contribution in [0.1, 0.15) is 52.4 Å². The Bertz CT molecular complexity index is 257. The molecule has 0 aromatic rings. The molecule has 4 nitrogen and oxygen atoms in total. The molecule has 1 rings (SSSR count). The first-order valence-corrected chi connectivity index (χ1v) is 6.99. The van der Waals surface area contributed by atoms with Crippen molar-refractivity contribution in [2.45, 2.75) is 64.1 Å². The van der Waals surface area contributed by atoms with Crippen LogP contribution in [0.5, 0.6) is 0 Å². The molecular weight excluding hydrogens is 232 g/mol. The molecule has 0 radical (unpaired) electrons. The van der Waals surface area contributed by atoms with Gasteiger partial charge in [0.1, 0.15) is 0 Å². The monoisotopic (exact) mass is 258 g/mol. The first-order chi connectivity index (χ1) is 8.57. The van der Waals surface area contributed by atoms with Crippen molar-refractivity contribution >= 4 is 5.97 Å². The Morgan fingerprint density at radius 3 is 2.44 bits per heavy atom. The zero-order valence-electron chi connectivity index (χ0n) is 11.8. The molecule has 4 heteroatoms. The molecule has 1 N–H and O–H groups in total. The molecule has 106 valence electrons. The Hall–Kier alpha value is -0.610. The molecule has 1 aliphatic carbocycles. The van der Waals surface area contributed by atoms with E-state index in [1.165, 1.54) is 0 Å². The van der Waals surface area contributed by atoms with Gasteiger partial charge in [0.15, 0.2) is 0 Å². The molecule has 0 spiro atoms. The Balaban J connectivity index is 2.69. The van der Waals surface area contributed by atoms with Gasteiger partial charge in [-0.05, 0) is 39.0 Å². The number of hydrogen-bond acceptors (Lipinski definition) is 4. The maximum absolute atomic E-state index is 12.0. The van der Waals surface area contributed by atoms with Crippen molar-refractivity contribution < 1.29 is 19.4 Å². The minimum absolute atomic E-state index is 0.217. The van der Waals surface area contributed by atoms with Crippen molar-refractivity contribution in [1.82, 2.24) is 0 Å². The molecule has 0 bridgehead atoms. The predicted molar refractivity (Wildman–Crippen MR) is 69.2 cm³/mol. The highest BCUT2D eigenvalue weighted by Crippen LogP contribution is 2.38. The molecule has 1 aliphatic rings. The number of esters is 1. The van der Waals surface area contributed by atoms with Crippen LogP contribution in [0.15, 0.2) is 0 Å². The number of rotatable bonds is 6. The van der Waals surface area contributed by atoms with Crippen LogP contribution in [-0.4, -0.2) is 36.5 Å². The fourth-order valence-corrected chi connectivity index (χ4v) is 2.81.